The topological polar surface area (TPSA) is 69.4 Å². The van der Waals surface area contributed by atoms with E-state index < -0.39 is 0 Å². The first kappa shape index (κ1) is 21.7. The lowest BCUT2D eigenvalue weighted by atomic mass is 10.1. The highest BCUT2D eigenvalue weighted by molar-refractivity contribution is 14.0. The van der Waals surface area contributed by atoms with Crippen molar-refractivity contribution in [3.63, 3.8) is 0 Å². The lowest BCUT2D eigenvalue weighted by molar-refractivity contribution is 0.409. The minimum absolute atomic E-state index is 0. The molecule has 138 valence electrons. The van der Waals surface area contributed by atoms with Gasteiger partial charge in [0.1, 0.15) is 11.6 Å². The van der Waals surface area contributed by atoms with Crippen LogP contribution >= 0.6 is 24.0 Å². The van der Waals surface area contributed by atoms with Crippen LogP contribution in [0.25, 0.3) is 0 Å². The summed E-state index contributed by atoms with van der Waals surface area (Å²) in [6.07, 6.45) is 0. The van der Waals surface area contributed by atoms with Crippen molar-refractivity contribution in [2.75, 3.05) is 13.7 Å². The number of nitriles is 1. The van der Waals surface area contributed by atoms with Crippen molar-refractivity contribution in [2.24, 2.45) is 4.99 Å². The highest BCUT2D eigenvalue weighted by atomic mass is 127. The van der Waals surface area contributed by atoms with E-state index in [4.69, 9.17) is 10.00 Å². The monoisotopic (exact) mass is 468 g/mol. The molecule has 0 bridgehead atoms. The molecular weight excluding hydrogens is 446 g/mol. The summed E-state index contributed by atoms with van der Waals surface area (Å²) in [5, 5.41) is 15.3. The molecule has 26 heavy (non-hydrogen) atoms. The Balaban J connectivity index is 0.00000338. The van der Waals surface area contributed by atoms with Gasteiger partial charge in [-0.05, 0) is 31.2 Å². The van der Waals surface area contributed by atoms with Crippen molar-refractivity contribution in [1.82, 2.24) is 10.6 Å². The molecule has 2 aromatic rings. The number of guanidine groups is 1. The summed E-state index contributed by atoms with van der Waals surface area (Å²) in [4.78, 5) is 4.39. The molecule has 0 saturated heterocycles. The average Bonchev–Trinajstić information content (AvgIpc) is 2.65. The summed E-state index contributed by atoms with van der Waals surface area (Å²) >= 11 is 0. The first-order valence-electron chi connectivity index (χ1n) is 8.00. The van der Waals surface area contributed by atoms with E-state index in [1.165, 1.54) is 18.2 Å². The van der Waals surface area contributed by atoms with E-state index >= 15 is 0 Å². The minimum Gasteiger partial charge on any atom is -0.496 e. The molecule has 0 amide bonds. The third kappa shape index (κ3) is 6.19. The molecule has 0 saturated carbocycles. The van der Waals surface area contributed by atoms with Crippen LogP contribution in [0.5, 0.6) is 5.75 Å². The van der Waals surface area contributed by atoms with Gasteiger partial charge in [0.15, 0.2) is 5.96 Å². The maximum atomic E-state index is 13.9. The molecule has 0 spiro atoms. The number of nitrogens with one attached hydrogen (secondary N) is 2. The van der Waals surface area contributed by atoms with Crippen molar-refractivity contribution in [2.45, 2.75) is 20.0 Å². The minimum atomic E-state index is -0.372. The second-order valence-electron chi connectivity index (χ2n) is 5.28. The number of rotatable bonds is 6. The Hall–Kier alpha value is -2.34. The second kappa shape index (κ2) is 11.3. The van der Waals surface area contributed by atoms with E-state index in [0.29, 0.717) is 30.2 Å². The molecule has 0 fully saturated rings. The fraction of sp³-hybridized carbons (Fsp3) is 0.263. The van der Waals surface area contributed by atoms with Gasteiger partial charge in [0.05, 0.1) is 25.3 Å². The van der Waals surface area contributed by atoms with Gasteiger partial charge < -0.3 is 15.4 Å². The highest BCUT2D eigenvalue weighted by Gasteiger charge is 2.06. The molecule has 0 radical (unpaired) electrons. The van der Waals surface area contributed by atoms with Crippen LogP contribution in [0, 0.1) is 17.1 Å². The van der Waals surface area contributed by atoms with Crippen LogP contribution in [0.4, 0.5) is 4.39 Å². The van der Waals surface area contributed by atoms with E-state index in [-0.39, 0.29) is 36.3 Å². The summed E-state index contributed by atoms with van der Waals surface area (Å²) in [6.45, 7) is 3.30. The van der Waals surface area contributed by atoms with Crippen LogP contribution < -0.4 is 15.4 Å². The molecule has 0 aromatic heterocycles. The van der Waals surface area contributed by atoms with E-state index in [9.17, 15) is 4.39 Å². The van der Waals surface area contributed by atoms with Crippen LogP contribution in [0.15, 0.2) is 47.5 Å². The number of ether oxygens (including phenoxy) is 1. The summed E-state index contributed by atoms with van der Waals surface area (Å²) in [7, 11) is 1.63. The summed E-state index contributed by atoms with van der Waals surface area (Å²) in [5.41, 5.74) is 1.79. The number of hydrogen-bond acceptors (Lipinski definition) is 3. The number of aliphatic imine (C=N–C) groups is 1. The molecular formula is C19H22FIN4O. The Morgan fingerprint density at radius 1 is 1.19 bits per heavy atom. The molecule has 0 unspecified atom stereocenters. The number of para-hydroxylation sites is 1. The lowest BCUT2D eigenvalue weighted by Gasteiger charge is -2.13. The Morgan fingerprint density at radius 3 is 2.65 bits per heavy atom. The van der Waals surface area contributed by atoms with Crippen LogP contribution in [-0.4, -0.2) is 19.6 Å². The van der Waals surface area contributed by atoms with Gasteiger partial charge in [-0.15, -0.1) is 24.0 Å². The molecule has 0 heterocycles. The normalized spacial score (nSPS) is 10.5. The van der Waals surface area contributed by atoms with Crippen molar-refractivity contribution >= 4 is 29.9 Å². The molecule has 2 N–H and O–H groups in total. The third-order valence-electron chi connectivity index (χ3n) is 3.57. The van der Waals surface area contributed by atoms with E-state index in [1.807, 2.05) is 37.3 Å². The molecule has 0 aliphatic heterocycles. The Bertz CT molecular complexity index is 789. The number of benzene rings is 2. The van der Waals surface area contributed by atoms with Crippen molar-refractivity contribution < 1.29 is 9.13 Å². The second-order valence-corrected chi connectivity index (χ2v) is 5.28. The maximum Gasteiger partial charge on any atom is 0.191 e. The zero-order chi connectivity index (χ0) is 18.1. The average molecular weight is 468 g/mol. The summed E-state index contributed by atoms with van der Waals surface area (Å²) < 4.78 is 19.2. The quantitative estimate of drug-likeness (QED) is 0.387. The van der Waals surface area contributed by atoms with Gasteiger partial charge in [0.25, 0.3) is 0 Å². The fourth-order valence-electron chi connectivity index (χ4n) is 2.30. The largest absolute Gasteiger partial charge is 0.496 e. The van der Waals surface area contributed by atoms with Gasteiger partial charge in [0, 0.05) is 24.2 Å². The Kier molecular flexibility index (Phi) is 9.44. The lowest BCUT2D eigenvalue weighted by Crippen LogP contribution is -2.36. The number of methoxy groups -OCH3 is 1. The highest BCUT2D eigenvalue weighted by Crippen LogP contribution is 2.16. The zero-order valence-electron chi connectivity index (χ0n) is 14.8. The van der Waals surface area contributed by atoms with Crippen LogP contribution in [0.1, 0.15) is 23.6 Å². The van der Waals surface area contributed by atoms with E-state index in [0.717, 1.165) is 11.3 Å². The van der Waals surface area contributed by atoms with Crippen molar-refractivity contribution in [3.8, 4) is 11.8 Å². The van der Waals surface area contributed by atoms with Gasteiger partial charge >= 0.3 is 0 Å². The van der Waals surface area contributed by atoms with Crippen LogP contribution in [-0.2, 0) is 13.1 Å². The Labute approximate surface area is 170 Å². The zero-order valence-corrected chi connectivity index (χ0v) is 17.1. The van der Waals surface area contributed by atoms with E-state index in [2.05, 4.69) is 15.6 Å². The first-order chi connectivity index (χ1) is 12.2. The van der Waals surface area contributed by atoms with Crippen LogP contribution in [0.2, 0.25) is 0 Å². The van der Waals surface area contributed by atoms with Crippen molar-refractivity contribution in [3.05, 3.63) is 65.0 Å². The first-order valence-corrected chi connectivity index (χ1v) is 8.00. The summed E-state index contributed by atoms with van der Waals surface area (Å²) in [6, 6.07) is 14.0. The fourth-order valence-corrected chi connectivity index (χ4v) is 2.30. The number of hydrogen-bond donors (Lipinski definition) is 2. The number of nitrogens with zero attached hydrogens (tertiary/aromatic N) is 2. The molecule has 0 atom stereocenters. The molecule has 5 nitrogen and oxygen atoms in total. The van der Waals surface area contributed by atoms with Crippen molar-refractivity contribution in [1.29, 1.82) is 5.26 Å². The van der Waals surface area contributed by atoms with Crippen LogP contribution in [0.3, 0.4) is 0 Å². The Morgan fingerprint density at radius 2 is 1.96 bits per heavy atom. The SMILES string of the molecule is CCNC(=NCc1cc(C#N)ccc1F)NCc1ccccc1OC.I. The smallest absolute Gasteiger partial charge is 0.191 e. The third-order valence-corrected chi connectivity index (χ3v) is 3.57. The van der Waals surface area contributed by atoms with E-state index in [1.54, 1.807) is 7.11 Å². The molecule has 0 aliphatic rings. The molecule has 2 aromatic carbocycles. The molecule has 0 aliphatic carbocycles. The van der Waals surface area contributed by atoms with Gasteiger partial charge in [0.2, 0.25) is 0 Å². The van der Waals surface area contributed by atoms with Gasteiger partial charge in [-0.3, -0.25) is 0 Å². The predicted molar refractivity (Wildman–Crippen MR) is 111 cm³/mol. The van der Waals surface area contributed by atoms with Gasteiger partial charge in [-0.1, -0.05) is 18.2 Å². The predicted octanol–water partition coefficient (Wildman–Crippen LogP) is 3.58. The van der Waals surface area contributed by atoms with Gasteiger partial charge in [-0.25, -0.2) is 9.38 Å². The standard InChI is InChI=1S/C19H21FN4O.HI/c1-3-22-19(23-12-15-6-4-5-7-18(15)25-2)24-13-16-10-14(11-21)8-9-17(16)20;/h4-10H,3,12-13H2,1-2H3,(H2,22,23,24);1H. The molecule has 2 rings (SSSR count). The molecule has 7 heteroatoms. The number of halogens is 2. The maximum absolute atomic E-state index is 13.9. The van der Waals surface area contributed by atoms with Gasteiger partial charge in [-0.2, -0.15) is 5.26 Å². The summed E-state index contributed by atoms with van der Waals surface area (Å²) in [5.74, 6) is 0.983.